The summed E-state index contributed by atoms with van der Waals surface area (Å²) in [6.07, 6.45) is 1.76. The van der Waals surface area contributed by atoms with Gasteiger partial charge in [0.1, 0.15) is 17.2 Å². The van der Waals surface area contributed by atoms with Crippen LogP contribution in [0.4, 0.5) is 4.39 Å². The van der Waals surface area contributed by atoms with E-state index < -0.39 is 5.82 Å². The second-order valence-corrected chi connectivity index (χ2v) is 7.13. The molecule has 2 heterocycles. The maximum Gasteiger partial charge on any atom is 0.282 e. The minimum absolute atomic E-state index is 0.0606. The van der Waals surface area contributed by atoms with Crippen molar-refractivity contribution in [2.24, 2.45) is 0 Å². The molecular formula is C24H18FN3O2. The molecule has 5 rings (SSSR count). The van der Waals surface area contributed by atoms with Gasteiger partial charge in [0.25, 0.3) is 5.56 Å². The Morgan fingerprint density at radius 1 is 0.900 bits per heavy atom. The van der Waals surface area contributed by atoms with Crippen molar-refractivity contribution in [3.05, 3.63) is 106 Å². The van der Waals surface area contributed by atoms with Gasteiger partial charge in [-0.05, 0) is 29.3 Å². The average molecular weight is 399 g/mol. The molecule has 0 spiro atoms. The standard InChI is InChI=1S/C24H18FN3O2/c25-20-10-4-6-12-22(20)28-24(30)19-14-27(13-16-7-1-2-8-17(16)15-29)21-11-5-3-9-18(21)23(19)26-28/h1-12,14,29H,13,15H2. The molecule has 0 amide bonds. The van der Waals surface area contributed by atoms with E-state index in [1.165, 1.54) is 12.1 Å². The zero-order valence-electron chi connectivity index (χ0n) is 16.0. The second-order valence-electron chi connectivity index (χ2n) is 7.13. The molecule has 0 aromatic heterocycles. The Morgan fingerprint density at radius 2 is 1.60 bits per heavy atom. The molecule has 0 fully saturated rings. The fourth-order valence-electron chi connectivity index (χ4n) is 3.85. The van der Waals surface area contributed by atoms with Gasteiger partial charge in [-0.1, -0.05) is 54.6 Å². The van der Waals surface area contributed by atoms with Crippen LogP contribution in [0.15, 0.2) is 83.8 Å². The molecule has 1 N–H and O–H groups in total. The van der Waals surface area contributed by atoms with Crippen LogP contribution in [0.3, 0.4) is 0 Å². The van der Waals surface area contributed by atoms with Gasteiger partial charge in [0.05, 0.1) is 17.7 Å². The van der Waals surface area contributed by atoms with E-state index in [0.29, 0.717) is 17.8 Å². The lowest BCUT2D eigenvalue weighted by atomic mass is 10.1. The van der Waals surface area contributed by atoms with Crippen molar-refractivity contribution in [1.82, 2.24) is 14.3 Å². The first-order chi connectivity index (χ1) is 14.7. The van der Waals surface area contributed by atoms with Crippen LogP contribution in [-0.4, -0.2) is 19.5 Å². The maximum absolute atomic E-state index is 14.3. The molecule has 0 bridgehead atoms. The number of fused-ring (bicyclic) bond motifs is 3. The zero-order chi connectivity index (χ0) is 20.7. The number of aliphatic hydroxyl groups is 1. The van der Waals surface area contributed by atoms with Gasteiger partial charge in [-0.25, -0.2) is 4.39 Å². The summed E-state index contributed by atoms with van der Waals surface area (Å²) in [4.78, 5) is 13.1. The third kappa shape index (κ3) is 2.89. The summed E-state index contributed by atoms with van der Waals surface area (Å²) in [6.45, 7) is 0.423. The van der Waals surface area contributed by atoms with Crippen molar-refractivity contribution in [2.45, 2.75) is 13.2 Å². The van der Waals surface area contributed by atoms with Crippen LogP contribution < -0.4 is 5.56 Å². The lowest BCUT2D eigenvalue weighted by Gasteiger charge is -2.15. The molecule has 5 nitrogen and oxygen atoms in total. The molecule has 0 saturated heterocycles. The second kappa shape index (κ2) is 7.24. The van der Waals surface area contributed by atoms with Gasteiger partial charge in [0.15, 0.2) is 0 Å². The number of aliphatic hydroxyl groups excluding tert-OH is 1. The Balaban J connectivity index is 1.77. The van der Waals surface area contributed by atoms with Gasteiger partial charge < -0.3 is 9.67 Å². The van der Waals surface area contributed by atoms with Crippen LogP contribution in [-0.2, 0) is 13.2 Å². The van der Waals surface area contributed by atoms with Gasteiger partial charge >= 0.3 is 0 Å². The van der Waals surface area contributed by atoms with E-state index >= 15 is 0 Å². The molecule has 2 aliphatic rings. The Labute approximate surface area is 171 Å². The SMILES string of the molecule is O=c1c2cn(Cc3ccccc3CO)c3ccccc3c-2nn1-c1ccccc1F. The summed E-state index contributed by atoms with van der Waals surface area (Å²) < 4.78 is 17.4. The molecule has 0 atom stereocenters. The molecule has 0 saturated carbocycles. The number of hydrogen-bond donors (Lipinski definition) is 1. The summed E-state index contributed by atoms with van der Waals surface area (Å²) in [7, 11) is 0. The molecule has 0 radical (unpaired) electrons. The molecule has 0 unspecified atom stereocenters. The predicted molar refractivity (Wildman–Crippen MR) is 113 cm³/mol. The number of aromatic nitrogens is 3. The maximum atomic E-state index is 14.3. The predicted octanol–water partition coefficient (Wildman–Crippen LogP) is 3.97. The third-order valence-electron chi connectivity index (χ3n) is 5.34. The first kappa shape index (κ1) is 18.3. The minimum atomic E-state index is -0.503. The molecule has 148 valence electrons. The number of rotatable bonds is 4. The number of halogens is 1. The Morgan fingerprint density at radius 3 is 2.40 bits per heavy atom. The summed E-state index contributed by atoms with van der Waals surface area (Å²) in [5.41, 5.74) is 3.40. The van der Waals surface area contributed by atoms with Crippen LogP contribution in [0.5, 0.6) is 0 Å². The first-order valence-corrected chi connectivity index (χ1v) is 9.61. The molecule has 3 aromatic carbocycles. The van der Waals surface area contributed by atoms with Gasteiger partial charge in [0.2, 0.25) is 0 Å². The van der Waals surface area contributed by atoms with Crippen molar-refractivity contribution >= 4 is 10.9 Å². The van der Waals surface area contributed by atoms with Crippen LogP contribution in [0.25, 0.3) is 27.8 Å². The highest BCUT2D eigenvalue weighted by Crippen LogP contribution is 2.29. The summed E-state index contributed by atoms with van der Waals surface area (Å²) >= 11 is 0. The lowest BCUT2D eigenvalue weighted by molar-refractivity contribution is 0.280. The van der Waals surface area contributed by atoms with Crippen LogP contribution in [0.2, 0.25) is 0 Å². The minimum Gasteiger partial charge on any atom is -0.392 e. The number of nitrogens with zero attached hydrogens (tertiary/aromatic N) is 3. The quantitative estimate of drug-likeness (QED) is 0.497. The fraction of sp³-hybridized carbons (Fsp3) is 0.0833. The fourth-order valence-corrected chi connectivity index (χ4v) is 3.85. The molecule has 3 aromatic rings. The van der Waals surface area contributed by atoms with E-state index in [0.717, 1.165) is 26.7 Å². The van der Waals surface area contributed by atoms with Crippen LogP contribution >= 0.6 is 0 Å². The van der Waals surface area contributed by atoms with Crippen LogP contribution in [0, 0.1) is 5.82 Å². The van der Waals surface area contributed by atoms with E-state index in [1.807, 2.05) is 53.1 Å². The van der Waals surface area contributed by atoms with Crippen molar-refractivity contribution in [1.29, 1.82) is 0 Å². The van der Waals surface area contributed by atoms with Crippen molar-refractivity contribution < 1.29 is 9.50 Å². The first-order valence-electron chi connectivity index (χ1n) is 9.61. The van der Waals surface area contributed by atoms with E-state index in [1.54, 1.807) is 18.3 Å². The van der Waals surface area contributed by atoms with Gasteiger partial charge in [0, 0.05) is 18.1 Å². The van der Waals surface area contributed by atoms with E-state index in [9.17, 15) is 14.3 Å². The molecule has 6 heteroatoms. The molecular weight excluding hydrogens is 381 g/mol. The van der Waals surface area contributed by atoms with Gasteiger partial charge in [-0.3, -0.25) is 4.79 Å². The van der Waals surface area contributed by atoms with Gasteiger partial charge in [-0.15, -0.1) is 0 Å². The topological polar surface area (TPSA) is 60.1 Å². The Bertz CT molecular complexity index is 1400. The largest absolute Gasteiger partial charge is 0.392 e. The number of para-hydroxylation sites is 2. The molecule has 0 aliphatic carbocycles. The van der Waals surface area contributed by atoms with E-state index in [2.05, 4.69) is 5.10 Å². The van der Waals surface area contributed by atoms with E-state index in [-0.39, 0.29) is 17.9 Å². The van der Waals surface area contributed by atoms with Crippen molar-refractivity contribution in [3.63, 3.8) is 0 Å². The average Bonchev–Trinajstić information content (AvgIpc) is 3.11. The van der Waals surface area contributed by atoms with Crippen LogP contribution in [0.1, 0.15) is 11.1 Å². The Hall–Kier alpha value is -3.77. The number of pyridine rings is 1. The number of benzene rings is 3. The summed E-state index contributed by atoms with van der Waals surface area (Å²) in [5.74, 6) is -0.503. The van der Waals surface area contributed by atoms with Gasteiger partial charge in [-0.2, -0.15) is 9.78 Å². The Kier molecular flexibility index (Phi) is 4.41. The highest BCUT2D eigenvalue weighted by atomic mass is 19.1. The lowest BCUT2D eigenvalue weighted by Crippen LogP contribution is -2.16. The summed E-state index contributed by atoms with van der Waals surface area (Å²) in [5, 5.41) is 14.9. The highest BCUT2D eigenvalue weighted by molar-refractivity contribution is 5.93. The normalized spacial score (nSPS) is 11.4. The molecule has 2 aliphatic heterocycles. The summed E-state index contributed by atoms with van der Waals surface area (Å²) in [6, 6.07) is 21.4. The number of hydrogen-bond acceptors (Lipinski definition) is 3. The monoisotopic (exact) mass is 399 g/mol. The zero-order valence-corrected chi connectivity index (χ0v) is 16.0. The van der Waals surface area contributed by atoms with Crippen molar-refractivity contribution in [2.75, 3.05) is 0 Å². The highest BCUT2D eigenvalue weighted by Gasteiger charge is 2.22. The van der Waals surface area contributed by atoms with Crippen molar-refractivity contribution in [3.8, 4) is 16.9 Å². The smallest absolute Gasteiger partial charge is 0.282 e. The van der Waals surface area contributed by atoms with E-state index in [4.69, 9.17) is 0 Å². The third-order valence-corrected chi connectivity index (χ3v) is 5.34. The molecule has 30 heavy (non-hydrogen) atoms.